The van der Waals surface area contributed by atoms with E-state index in [1.54, 1.807) is 4.90 Å². The minimum atomic E-state index is -0.591. The predicted molar refractivity (Wildman–Crippen MR) is 64.0 cm³/mol. The van der Waals surface area contributed by atoms with Crippen LogP contribution in [0.1, 0.15) is 24.8 Å². The molecule has 5 heteroatoms. The third-order valence-corrected chi connectivity index (χ3v) is 3.30. The van der Waals surface area contributed by atoms with Crippen molar-refractivity contribution in [1.82, 2.24) is 4.90 Å². The number of rotatable bonds is 2. The Kier molecular flexibility index (Phi) is 3.79. The molecule has 1 aliphatic rings. The lowest BCUT2D eigenvalue weighted by Crippen LogP contribution is -2.47. The van der Waals surface area contributed by atoms with Gasteiger partial charge in [0, 0.05) is 18.7 Å². The van der Waals surface area contributed by atoms with E-state index in [0.29, 0.717) is 18.5 Å². The van der Waals surface area contributed by atoms with E-state index in [1.165, 1.54) is 12.1 Å². The fourth-order valence-corrected chi connectivity index (χ4v) is 2.50. The highest BCUT2D eigenvalue weighted by Gasteiger charge is 2.25. The molecule has 0 spiro atoms. The smallest absolute Gasteiger partial charge is 0.315 e. The molecule has 18 heavy (non-hydrogen) atoms. The van der Waals surface area contributed by atoms with E-state index in [9.17, 15) is 13.6 Å². The van der Waals surface area contributed by atoms with Gasteiger partial charge in [-0.3, -0.25) is 0 Å². The number of likely N-dealkylation sites (tertiary alicyclic amines) is 1. The Hall–Kier alpha value is -1.65. The van der Waals surface area contributed by atoms with Crippen LogP contribution in [-0.2, 0) is 6.42 Å². The number of amides is 2. The summed E-state index contributed by atoms with van der Waals surface area (Å²) in [5.74, 6) is -1.18. The van der Waals surface area contributed by atoms with Gasteiger partial charge in [-0.25, -0.2) is 13.6 Å². The van der Waals surface area contributed by atoms with Gasteiger partial charge in [-0.2, -0.15) is 0 Å². The van der Waals surface area contributed by atoms with Gasteiger partial charge in [0.05, 0.1) is 0 Å². The van der Waals surface area contributed by atoms with Crippen molar-refractivity contribution in [3.63, 3.8) is 0 Å². The van der Waals surface area contributed by atoms with Gasteiger partial charge in [0.15, 0.2) is 0 Å². The molecule has 1 aliphatic heterocycles. The Morgan fingerprint density at radius 2 is 1.94 bits per heavy atom. The van der Waals surface area contributed by atoms with E-state index in [0.717, 1.165) is 25.3 Å². The van der Waals surface area contributed by atoms with E-state index in [-0.39, 0.29) is 6.04 Å². The maximum absolute atomic E-state index is 13.1. The second-order valence-corrected chi connectivity index (χ2v) is 4.66. The molecule has 1 aromatic carbocycles. The molecule has 0 saturated carbocycles. The normalized spacial score (nSPS) is 19.9. The topological polar surface area (TPSA) is 46.3 Å². The van der Waals surface area contributed by atoms with E-state index < -0.39 is 17.7 Å². The molecular formula is C13H16F2N2O. The highest BCUT2D eigenvalue weighted by atomic mass is 19.1. The maximum atomic E-state index is 13.1. The van der Waals surface area contributed by atoms with Crippen LogP contribution in [0, 0.1) is 11.6 Å². The van der Waals surface area contributed by atoms with E-state index in [4.69, 9.17) is 5.73 Å². The zero-order valence-electron chi connectivity index (χ0n) is 10.0. The van der Waals surface area contributed by atoms with Gasteiger partial charge >= 0.3 is 6.03 Å². The molecule has 1 atom stereocenters. The molecule has 2 rings (SSSR count). The quantitative estimate of drug-likeness (QED) is 0.865. The van der Waals surface area contributed by atoms with Crippen LogP contribution in [0.15, 0.2) is 18.2 Å². The van der Waals surface area contributed by atoms with Gasteiger partial charge in [0.25, 0.3) is 0 Å². The highest BCUT2D eigenvalue weighted by molar-refractivity contribution is 5.72. The zero-order valence-corrected chi connectivity index (χ0v) is 10.0. The Morgan fingerprint density at radius 3 is 2.56 bits per heavy atom. The van der Waals surface area contributed by atoms with E-state index in [1.807, 2.05) is 0 Å². The van der Waals surface area contributed by atoms with Crippen LogP contribution in [0.5, 0.6) is 0 Å². The Bertz CT molecular complexity index is 430. The molecule has 0 bridgehead atoms. The van der Waals surface area contributed by atoms with Gasteiger partial charge in [0.2, 0.25) is 0 Å². The summed E-state index contributed by atoms with van der Waals surface area (Å²) in [7, 11) is 0. The third kappa shape index (κ3) is 2.97. The number of hydrogen-bond acceptors (Lipinski definition) is 1. The van der Waals surface area contributed by atoms with Crippen molar-refractivity contribution in [2.75, 3.05) is 6.54 Å². The van der Waals surface area contributed by atoms with E-state index >= 15 is 0 Å². The van der Waals surface area contributed by atoms with Crippen molar-refractivity contribution < 1.29 is 13.6 Å². The maximum Gasteiger partial charge on any atom is 0.315 e. The summed E-state index contributed by atoms with van der Waals surface area (Å²) in [6.45, 7) is 0.623. The molecule has 1 saturated heterocycles. The van der Waals surface area contributed by atoms with Crippen LogP contribution in [0.25, 0.3) is 0 Å². The van der Waals surface area contributed by atoms with Crippen molar-refractivity contribution in [3.8, 4) is 0 Å². The predicted octanol–water partition coefficient (Wildman–Crippen LogP) is 2.44. The first-order valence-electron chi connectivity index (χ1n) is 6.07. The van der Waals surface area contributed by atoms with Gasteiger partial charge < -0.3 is 10.6 Å². The molecule has 1 aromatic rings. The number of hydrogen-bond donors (Lipinski definition) is 1. The average molecular weight is 254 g/mol. The summed E-state index contributed by atoms with van der Waals surface area (Å²) < 4.78 is 26.2. The first-order valence-corrected chi connectivity index (χ1v) is 6.07. The molecule has 0 aromatic heterocycles. The Balaban J connectivity index is 2.13. The van der Waals surface area contributed by atoms with Gasteiger partial charge in [-0.05, 0) is 43.4 Å². The zero-order chi connectivity index (χ0) is 13.1. The summed E-state index contributed by atoms with van der Waals surface area (Å²) in [6, 6.07) is 2.93. The van der Waals surface area contributed by atoms with Gasteiger partial charge in [-0.1, -0.05) is 0 Å². The number of carbonyl (C=O) groups excluding carboxylic acids is 1. The second-order valence-electron chi connectivity index (χ2n) is 4.66. The number of urea groups is 1. The number of nitrogens with two attached hydrogens (primary N) is 1. The van der Waals surface area contributed by atoms with Crippen LogP contribution < -0.4 is 5.73 Å². The minimum absolute atomic E-state index is 0.0579. The summed E-state index contributed by atoms with van der Waals surface area (Å²) >= 11 is 0. The number of nitrogens with zero attached hydrogens (tertiary/aromatic N) is 1. The Labute approximate surface area is 105 Å². The summed E-state index contributed by atoms with van der Waals surface area (Å²) in [5.41, 5.74) is 5.87. The van der Waals surface area contributed by atoms with Crippen molar-refractivity contribution in [1.29, 1.82) is 0 Å². The van der Waals surface area contributed by atoms with Crippen LogP contribution in [-0.4, -0.2) is 23.5 Å². The minimum Gasteiger partial charge on any atom is -0.351 e. The second kappa shape index (κ2) is 5.33. The summed E-state index contributed by atoms with van der Waals surface area (Å²) in [6.07, 6.45) is 3.20. The monoisotopic (exact) mass is 254 g/mol. The Morgan fingerprint density at radius 1 is 1.28 bits per heavy atom. The van der Waals surface area contributed by atoms with Crippen LogP contribution in [0.2, 0.25) is 0 Å². The first-order chi connectivity index (χ1) is 8.56. The molecule has 98 valence electrons. The molecule has 1 fully saturated rings. The number of benzene rings is 1. The van der Waals surface area contributed by atoms with Crippen molar-refractivity contribution in [2.24, 2.45) is 5.73 Å². The summed E-state index contributed by atoms with van der Waals surface area (Å²) in [5, 5.41) is 0. The SMILES string of the molecule is NC(=O)N1CCCCC1Cc1cc(F)cc(F)c1. The largest absolute Gasteiger partial charge is 0.351 e. The lowest BCUT2D eigenvalue weighted by Gasteiger charge is -2.34. The van der Waals surface area contributed by atoms with E-state index in [2.05, 4.69) is 0 Å². The van der Waals surface area contributed by atoms with Crippen molar-refractivity contribution in [3.05, 3.63) is 35.4 Å². The molecule has 2 amide bonds. The molecule has 0 radical (unpaired) electrons. The van der Waals surface area contributed by atoms with Crippen molar-refractivity contribution >= 4 is 6.03 Å². The third-order valence-electron chi connectivity index (χ3n) is 3.30. The number of primary amides is 1. The molecule has 2 N–H and O–H groups in total. The summed E-state index contributed by atoms with van der Waals surface area (Å²) in [4.78, 5) is 12.9. The van der Waals surface area contributed by atoms with Crippen LogP contribution in [0.3, 0.4) is 0 Å². The van der Waals surface area contributed by atoms with Crippen molar-refractivity contribution in [2.45, 2.75) is 31.7 Å². The van der Waals surface area contributed by atoms with Crippen LogP contribution >= 0.6 is 0 Å². The molecule has 3 nitrogen and oxygen atoms in total. The number of halogens is 2. The van der Waals surface area contributed by atoms with Gasteiger partial charge in [0.1, 0.15) is 11.6 Å². The first kappa shape index (κ1) is 12.8. The fourth-order valence-electron chi connectivity index (χ4n) is 2.50. The lowest BCUT2D eigenvalue weighted by molar-refractivity contribution is 0.159. The van der Waals surface area contributed by atoms with Crippen LogP contribution in [0.4, 0.5) is 13.6 Å². The molecular weight excluding hydrogens is 238 g/mol. The molecule has 1 heterocycles. The standard InChI is InChI=1S/C13H16F2N2O/c14-10-5-9(6-11(15)8-10)7-12-3-1-2-4-17(12)13(16)18/h5-6,8,12H,1-4,7H2,(H2,16,18). The molecule has 0 aliphatic carbocycles. The highest BCUT2D eigenvalue weighted by Crippen LogP contribution is 2.21. The number of carbonyl (C=O) groups is 1. The lowest BCUT2D eigenvalue weighted by atomic mass is 9.96. The fraction of sp³-hybridized carbons (Fsp3) is 0.462. The molecule has 1 unspecified atom stereocenters. The number of piperidine rings is 1. The van der Waals surface area contributed by atoms with Gasteiger partial charge in [-0.15, -0.1) is 0 Å². The average Bonchev–Trinajstić information content (AvgIpc) is 2.27.